The molecule has 2 aliphatic heterocycles. The number of hydrogen-bond donors (Lipinski definition) is 1. The van der Waals surface area contributed by atoms with Crippen LogP contribution < -0.4 is 10.2 Å². The molecule has 152 valence electrons. The predicted molar refractivity (Wildman–Crippen MR) is 130 cm³/mol. The number of aliphatic imine (C=N–C) groups is 1. The highest BCUT2D eigenvalue weighted by Crippen LogP contribution is 2.30. The van der Waals surface area contributed by atoms with Crippen molar-refractivity contribution < 1.29 is 0 Å². The van der Waals surface area contributed by atoms with Crippen molar-refractivity contribution in [1.29, 1.82) is 0 Å². The van der Waals surface area contributed by atoms with Crippen molar-refractivity contribution in [2.45, 2.75) is 6.54 Å². The van der Waals surface area contributed by atoms with Crippen LogP contribution in [0.1, 0.15) is 11.1 Å². The normalized spacial score (nSPS) is 17.9. The summed E-state index contributed by atoms with van der Waals surface area (Å²) in [5, 5.41) is 7.79. The second-order valence-electron chi connectivity index (χ2n) is 7.93. The summed E-state index contributed by atoms with van der Waals surface area (Å²) in [6.45, 7) is 5.17. The van der Waals surface area contributed by atoms with Gasteiger partial charge in [0.2, 0.25) is 0 Å². The van der Waals surface area contributed by atoms with Crippen molar-refractivity contribution in [3.8, 4) is 11.1 Å². The summed E-state index contributed by atoms with van der Waals surface area (Å²) in [6, 6.07) is 17.6. The molecule has 5 heteroatoms. The SMILES string of the molecule is CN1CCN(c2ccc(NC=C3C=NCc4ccc(-c5ccsc5)cc43)cc2)CC1. The first-order valence-corrected chi connectivity index (χ1v) is 11.4. The lowest BCUT2D eigenvalue weighted by Gasteiger charge is -2.34. The van der Waals surface area contributed by atoms with E-state index in [1.807, 2.05) is 6.21 Å². The fraction of sp³-hybridized carbons (Fsp3) is 0.240. The summed E-state index contributed by atoms with van der Waals surface area (Å²) in [5.41, 5.74) is 8.58. The first kappa shape index (κ1) is 19.1. The van der Waals surface area contributed by atoms with Crippen LogP contribution in [0, 0.1) is 0 Å². The van der Waals surface area contributed by atoms with Gasteiger partial charge in [-0.3, -0.25) is 4.99 Å². The highest BCUT2D eigenvalue weighted by molar-refractivity contribution is 7.08. The summed E-state index contributed by atoms with van der Waals surface area (Å²) in [4.78, 5) is 9.38. The van der Waals surface area contributed by atoms with Gasteiger partial charge in [0.1, 0.15) is 0 Å². The highest BCUT2D eigenvalue weighted by atomic mass is 32.1. The second kappa shape index (κ2) is 8.46. The van der Waals surface area contributed by atoms with Crippen molar-refractivity contribution in [2.75, 3.05) is 43.4 Å². The summed E-state index contributed by atoms with van der Waals surface area (Å²) in [6.07, 6.45) is 4.05. The average molecular weight is 415 g/mol. The Balaban J connectivity index is 1.33. The monoisotopic (exact) mass is 414 g/mol. The molecular formula is C25H26N4S. The van der Waals surface area contributed by atoms with Gasteiger partial charge < -0.3 is 15.1 Å². The van der Waals surface area contributed by atoms with Crippen LogP contribution >= 0.6 is 11.3 Å². The Hall–Kier alpha value is -2.89. The zero-order chi connectivity index (χ0) is 20.3. The first-order chi connectivity index (χ1) is 14.8. The summed E-state index contributed by atoms with van der Waals surface area (Å²) in [5.74, 6) is 0. The fourth-order valence-electron chi connectivity index (χ4n) is 4.01. The van der Waals surface area contributed by atoms with Gasteiger partial charge in [0, 0.05) is 55.5 Å². The number of benzene rings is 2. The molecule has 2 aromatic carbocycles. The van der Waals surface area contributed by atoms with Crippen molar-refractivity contribution in [2.24, 2.45) is 4.99 Å². The molecule has 0 aliphatic carbocycles. The van der Waals surface area contributed by atoms with Gasteiger partial charge in [0.15, 0.2) is 0 Å². The van der Waals surface area contributed by atoms with E-state index in [-0.39, 0.29) is 0 Å². The van der Waals surface area contributed by atoms with E-state index in [4.69, 9.17) is 0 Å². The molecule has 0 radical (unpaired) electrons. The van der Waals surface area contributed by atoms with Crippen molar-refractivity contribution in [3.05, 3.63) is 76.6 Å². The number of nitrogens with one attached hydrogen (secondary N) is 1. The molecule has 1 fully saturated rings. The van der Waals surface area contributed by atoms with Gasteiger partial charge in [-0.15, -0.1) is 0 Å². The Morgan fingerprint density at radius 2 is 1.80 bits per heavy atom. The Labute approximate surface area is 182 Å². The second-order valence-corrected chi connectivity index (χ2v) is 8.71. The van der Waals surface area contributed by atoms with Crippen LogP contribution in [0.15, 0.2) is 70.5 Å². The maximum absolute atomic E-state index is 4.54. The molecule has 1 saturated heterocycles. The molecular weight excluding hydrogens is 388 g/mol. The zero-order valence-corrected chi connectivity index (χ0v) is 18.0. The molecule has 0 bridgehead atoms. The van der Waals surface area contributed by atoms with E-state index in [9.17, 15) is 0 Å². The first-order valence-electron chi connectivity index (χ1n) is 10.4. The predicted octanol–water partition coefficient (Wildman–Crippen LogP) is 5.20. The Kier molecular flexibility index (Phi) is 5.39. The number of nitrogens with zero attached hydrogens (tertiary/aromatic N) is 3. The average Bonchev–Trinajstić information content (AvgIpc) is 3.33. The number of likely N-dealkylation sites (N-methyl/N-ethyl adjacent to an activating group) is 1. The minimum Gasteiger partial charge on any atom is -0.369 e. The summed E-state index contributed by atoms with van der Waals surface area (Å²) in [7, 11) is 2.19. The third kappa shape index (κ3) is 4.04. The fourth-order valence-corrected chi connectivity index (χ4v) is 4.68. The lowest BCUT2D eigenvalue weighted by molar-refractivity contribution is 0.313. The molecule has 0 atom stereocenters. The third-order valence-electron chi connectivity index (χ3n) is 5.90. The Morgan fingerprint density at radius 3 is 2.57 bits per heavy atom. The number of fused-ring (bicyclic) bond motifs is 1. The Bertz CT molecular complexity index is 1060. The van der Waals surface area contributed by atoms with Gasteiger partial charge in [-0.05, 0) is 76.5 Å². The van der Waals surface area contributed by atoms with Crippen molar-refractivity contribution in [3.63, 3.8) is 0 Å². The Morgan fingerprint density at radius 1 is 0.967 bits per heavy atom. The number of anilines is 2. The minimum atomic E-state index is 0.746. The van der Waals surface area contributed by atoms with Gasteiger partial charge >= 0.3 is 0 Å². The highest BCUT2D eigenvalue weighted by Gasteiger charge is 2.14. The van der Waals surface area contributed by atoms with Crippen LogP contribution in [-0.2, 0) is 6.54 Å². The molecule has 5 rings (SSSR count). The van der Waals surface area contributed by atoms with E-state index in [0.717, 1.165) is 44.0 Å². The smallest absolute Gasteiger partial charge is 0.0646 e. The molecule has 3 aromatic rings. The van der Waals surface area contributed by atoms with E-state index in [0.29, 0.717) is 0 Å². The number of rotatable bonds is 4. The summed E-state index contributed by atoms with van der Waals surface area (Å²) < 4.78 is 0. The lowest BCUT2D eigenvalue weighted by atomic mass is 9.94. The molecule has 2 aliphatic rings. The lowest BCUT2D eigenvalue weighted by Crippen LogP contribution is -2.44. The largest absolute Gasteiger partial charge is 0.369 e. The standard InChI is InChI=1S/C25H26N4S/c1-28-9-11-29(12-10-28)24-6-4-23(5-7-24)27-17-22-16-26-15-20-3-2-19(14-25(20)22)21-8-13-30-18-21/h2-8,13-14,16-18,27H,9-12,15H2,1H3. The van der Waals surface area contributed by atoms with Crippen LogP contribution in [0.2, 0.25) is 0 Å². The molecule has 1 N–H and O–H groups in total. The number of allylic oxidation sites excluding steroid dienone is 1. The van der Waals surface area contributed by atoms with Gasteiger partial charge in [-0.1, -0.05) is 12.1 Å². The van der Waals surface area contributed by atoms with Crippen LogP contribution in [0.5, 0.6) is 0 Å². The molecule has 0 spiro atoms. The van der Waals surface area contributed by atoms with E-state index < -0.39 is 0 Å². The topological polar surface area (TPSA) is 30.9 Å². The van der Waals surface area contributed by atoms with Crippen molar-refractivity contribution in [1.82, 2.24) is 4.90 Å². The molecule has 3 heterocycles. The van der Waals surface area contributed by atoms with Crippen molar-refractivity contribution >= 4 is 34.5 Å². The van der Waals surface area contributed by atoms with Gasteiger partial charge in [0.05, 0.1) is 6.54 Å². The van der Waals surface area contributed by atoms with Gasteiger partial charge in [0.25, 0.3) is 0 Å². The summed E-state index contributed by atoms with van der Waals surface area (Å²) >= 11 is 1.73. The molecule has 4 nitrogen and oxygen atoms in total. The van der Waals surface area contributed by atoms with E-state index >= 15 is 0 Å². The van der Waals surface area contributed by atoms with E-state index in [1.165, 1.54) is 27.9 Å². The minimum absolute atomic E-state index is 0.746. The van der Waals surface area contributed by atoms with Crippen LogP contribution in [0.25, 0.3) is 16.7 Å². The van der Waals surface area contributed by atoms with Gasteiger partial charge in [-0.2, -0.15) is 11.3 Å². The molecule has 1 aromatic heterocycles. The maximum Gasteiger partial charge on any atom is 0.0646 e. The molecule has 0 unspecified atom stereocenters. The maximum atomic E-state index is 4.54. The van der Waals surface area contributed by atoms with E-state index in [1.54, 1.807) is 11.3 Å². The number of piperazine rings is 1. The quantitative estimate of drug-likeness (QED) is 0.636. The number of hydrogen-bond acceptors (Lipinski definition) is 5. The molecule has 30 heavy (non-hydrogen) atoms. The van der Waals surface area contributed by atoms with Crippen LogP contribution in [0.4, 0.5) is 11.4 Å². The third-order valence-corrected chi connectivity index (χ3v) is 6.58. The number of thiophene rings is 1. The molecule has 0 amide bonds. The zero-order valence-electron chi connectivity index (χ0n) is 17.2. The van der Waals surface area contributed by atoms with Crippen LogP contribution in [0.3, 0.4) is 0 Å². The van der Waals surface area contributed by atoms with Gasteiger partial charge in [-0.25, -0.2) is 0 Å². The molecule has 0 saturated carbocycles. The van der Waals surface area contributed by atoms with E-state index in [2.05, 4.69) is 92.6 Å². The van der Waals surface area contributed by atoms with Crippen LogP contribution in [-0.4, -0.2) is 44.3 Å².